The zero-order valence-corrected chi connectivity index (χ0v) is 14.4. The number of anilines is 1. The van der Waals surface area contributed by atoms with Gasteiger partial charge in [-0.25, -0.2) is 0 Å². The van der Waals surface area contributed by atoms with E-state index in [4.69, 9.17) is 10.5 Å². The Morgan fingerprint density at radius 2 is 2.08 bits per heavy atom. The quantitative estimate of drug-likeness (QED) is 0.846. The summed E-state index contributed by atoms with van der Waals surface area (Å²) in [4.78, 5) is 26.3. The summed E-state index contributed by atoms with van der Waals surface area (Å²) in [7, 11) is 0. The van der Waals surface area contributed by atoms with Gasteiger partial charge in [0, 0.05) is 18.8 Å². The summed E-state index contributed by atoms with van der Waals surface area (Å²) in [6.45, 7) is 1.12. The summed E-state index contributed by atoms with van der Waals surface area (Å²) < 4.78 is 5.54. The largest absolute Gasteiger partial charge is 0.364 e. The Morgan fingerprint density at radius 1 is 1.29 bits per heavy atom. The molecule has 0 bridgehead atoms. The minimum absolute atomic E-state index is 0. The van der Waals surface area contributed by atoms with E-state index >= 15 is 0 Å². The summed E-state index contributed by atoms with van der Waals surface area (Å²) in [6, 6.07) is 7.93. The SMILES string of the molecule is Cl.NC[C@H]1CC[C@@H](C(=O)NCC(=O)N2CCCc3ccccc32)O1. The van der Waals surface area contributed by atoms with Crippen molar-refractivity contribution in [3.8, 4) is 0 Å². The van der Waals surface area contributed by atoms with Crippen LogP contribution in [0.5, 0.6) is 0 Å². The molecule has 0 saturated carbocycles. The van der Waals surface area contributed by atoms with Crippen LogP contribution in [0.3, 0.4) is 0 Å². The Balaban J connectivity index is 0.00000208. The highest BCUT2D eigenvalue weighted by Gasteiger charge is 2.30. The molecule has 0 aromatic heterocycles. The number of fused-ring (bicyclic) bond motifs is 1. The number of benzene rings is 1. The van der Waals surface area contributed by atoms with Gasteiger partial charge in [-0.1, -0.05) is 18.2 Å². The number of nitrogens with one attached hydrogen (secondary N) is 1. The van der Waals surface area contributed by atoms with Crippen LogP contribution in [0.1, 0.15) is 24.8 Å². The Hall–Kier alpha value is -1.63. The van der Waals surface area contributed by atoms with Crippen molar-refractivity contribution in [1.29, 1.82) is 0 Å². The van der Waals surface area contributed by atoms with E-state index in [0.29, 0.717) is 19.5 Å². The van der Waals surface area contributed by atoms with Crippen LogP contribution in [-0.2, 0) is 20.7 Å². The van der Waals surface area contributed by atoms with E-state index in [9.17, 15) is 9.59 Å². The van der Waals surface area contributed by atoms with Crippen molar-refractivity contribution < 1.29 is 14.3 Å². The van der Waals surface area contributed by atoms with Gasteiger partial charge in [0.25, 0.3) is 0 Å². The second kappa shape index (κ2) is 8.46. The fourth-order valence-corrected chi connectivity index (χ4v) is 3.24. The van der Waals surface area contributed by atoms with E-state index in [1.807, 2.05) is 24.3 Å². The van der Waals surface area contributed by atoms with Crippen LogP contribution in [-0.4, -0.2) is 43.7 Å². The zero-order valence-electron chi connectivity index (χ0n) is 13.6. The predicted molar refractivity (Wildman–Crippen MR) is 94.3 cm³/mol. The minimum atomic E-state index is -0.481. The number of para-hydroxylation sites is 1. The fourth-order valence-electron chi connectivity index (χ4n) is 3.24. The first-order chi connectivity index (χ1) is 11.2. The van der Waals surface area contributed by atoms with E-state index < -0.39 is 6.10 Å². The maximum Gasteiger partial charge on any atom is 0.249 e. The molecule has 0 radical (unpaired) electrons. The first-order valence-electron chi connectivity index (χ1n) is 8.20. The highest BCUT2D eigenvalue weighted by Crippen LogP contribution is 2.26. The lowest BCUT2D eigenvalue weighted by Crippen LogP contribution is -2.45. The van der Waals surface area contributed by atoms with Crippen molar-refractivity contribution in [2.45, 2.75) is 37.9 Å². The number of aryl methyl sites for hydroxylation is 1. The second-order valence-electron chi connectivity index (χ2n) is 6.06. The Morgan fingerprint density at radius 3 is 2.83 bits per heavy atom. The molecule has 1 fully saturated rings. The maximum absolute atomic E-state index is 12.5. The van der Waals surface area contributed by atoms with Gasteiger partial charge in [0.05, 0.1) is 12.6 Å². The van der Waals surface area contributed by atoms with E-state index in [0.717, 1.165) is 24.9 Å². The van der Waals surface area contributed by atoms with Gasteiger partial charge in [-0.05, 0) is 37.3 Å². The number of rotatable bonds is 4. The maximum atomic E-state index is 12.5. The van der Waals surface area contributed by atoms with Gasteiger partial charge < -0.3 is 20.7 Å². The van der Waals surface area contributed by atoms with Crippen LogP contribution < -0.4 is 16.0 Å². The Kier molecular flexibility index (Phi) is 6.60. The molecule has 0 aliphatic carbocycles. The zero-order chi connectivity index (χ0) is 16.2. The lowest BCUT2D eigenvalue weighted by atomic mass is 10.0. The summed E-state index contributed by atoms with van der Waals surface area (Å²) in [5, 5.41) is 2.70. The standard InChI is InChI=1S/C17H23N3O3.ClH/c18-10-13-7-8-15(23-13)17(22)19-11-16(21)20-9-3-5-12-4-1-2-6-14(12)20;/h1-2,4,6,13,15H,3,5,7-11,18H2,(H,19,22);1H/t13-,15+;/m1./s1. The molecule has 1 saturated heterocycles. The van der Waals surface area contributed by atoms with Crippen molar-refractivity contribution in [1.82, 2.24) is 5.32 Å². The van der Waals surface area contributed by atoms with Crippen molar-refractivity contribution in [2.24, 2.45) is 5.73 Å². The molecule has 2 amide bonds. The van der Waals surface area contributed by atoms with E-state index in [2.05, 4.69) is 5.32 Å². The molecule has 7 heteroatoms. The monoisotopic (exact) mass is 353 g/mol. The molecule has 3 N–H and O–H groups in total. The van der Waals surface area contributed by atoms with Gasteiger partial charge in [-0.2, -0.15) is 0 Å². The number of nitrogens with zero attached hydrogens (tertiary/aromatic N) is 1. The van der Waals surface area contributed by atoms with Crippen LogP contribution in [0, 0.1) is 0 Å². The smallest absolute Gasteiger partial charge is 0.249 e. The van der Waals surface area contributed by atoms with Crippen LogP contribution >= 0.6 is 12.4 Å². The third-order valence-electron chi connectivity index (χ3n) is 4.49. The number of amides is 2. The van der Waals surface area contributed by atoms with Gasteiger partial charge in [0.2, 0.25) is 11.8 Å². The number of hydrogen-bond acceptors (Lipinski definition) is 4. The summed E-state index contributed by atoms with van der Waals surface area (Å²) in [6.07, 6.45) is 2.86. The molecule has 2 aliphatic heterocycles. The topological polar surface area (TPSA) is 84.7 Å². The highest BCUT2D eigenvalue weighted by atomic mass is 35.5. The van der Waals surface area contributed by atoms with Crippen molar-refractivity contribution in [2.75, 3.05) is 24.5 Å². The number of hydrogen-bond donors (Lipinski definition) is 2. The summed E-state index contributed by atoms with van der Waals surface area (Å²) >= 11 is 0. The molecule has 1 aromatic carbocycles. The molecule has 3 rings (SSSR count). The van der Waals surface area contributed by atoms with Crippen LogP contribution in [0.15, 0.2) is 24.3 Å². The molecule has 24 heavy (non-hydrogen) atoms. The fraction of sp³-hybridized carbons (Fsp3) is 0.529. The number of halogens is 1. The third-order valence-corrected chi connectivity index (χ3v) is 4.49. The van der Waals surface area contributed by atoms with E-state index in [1.54, 1.807) is 4.90 Å². The van der Waals surface area contributed by atoms with Gasteiger partial charge in [-0.15, -0.1) is 12.4 Å². The van der Waals surface area contributed by atoms with Crippen LogP contribution in [0.25, 0.3) is 0 Å². The normalized spacial score (nSPS) is 22.5. The molecule has 1 aromatic rings. The van der Waals surface area contributed by atoms with Gasteiger partial charge in [-0.3, -0.25) is 9.59 Å². The van der Waals surface area contributed by atoms with E-state index in [-0.39, 0.29) is 36.9 Å². The molecular weight excluding hydrogens is 330 g/mol. The average Bonchev–Trinajstić information content (AvgIpc) is 3.08. The number of carbonyl (C=O) groups is 2. The van der Waals surface area contributed by atoms with Crippen molar-refractivity contribution in [3.05, 3.63) is 29.8 Å². The highest BCUT2D eigenvalue weighted by molar-refractivity contribution is 5.98. The summed E-state index contributed by atoms with van der Waals surface area (Å²) in [5.74, 6) is -0.307. The van der Waals surface area contributed by atoms with E-state index in [1.165, 1.54) is 5.56 Å². The third kappa shape index (κ3) is 4.06. The molecule has 2 heterocycles. The molecule has 6 nitrogen and oxygen atoms in total. The second-order valence-corrected chi connectivity index (χ2v) is 6.06. The number of nitrogens with two attached hydrogens (primary N) is 1. The lowest BCUT2D eigenvalue weighted by molar-refractivity contribution is -0.133. The molecule has 2 atom stereocenters. The van der Waals surface area contributed by atoms with Crippen LogP contribution in [0.2, 0.25) is 0 Å². The molecule has 132 valence electrons. The Labute approximate surface area is 148 Å². The Bertz CT molecular complexity index is 596. The van der Waals surface area contributed by atoms with Crippen molar-refractivity contribution >= 4 is 29.9 Å². The number of carbonyl (C=O) groups excluding carboxylic acids is 2. The molecule has 0 spiro atoms. The molecule has 2 aliphatic rings. The lowest BCUT2D eigenvalue weighted by Gasteiger charge is -2.29. The minimum Gasteiger partial charge on any atom is -0.364 e. The number of ether oxygens (including phenoxy) is 1. The molecular formula is C17H24ClN3O3. The van der Waals surface area contributed by atoms with Gasteiger partial charge >= 0.3 is 0 Å². The van der Waals surface area contributed by atoms with Gasteiger partial charge in [0.1, 0.15) is 6.10 Å². The average molecular weight is 354 g/mol. The predicted octanol–water partition coefficient (Wildman–Crippen LogP) is 1.01. The summed E-state index contributed by atoms with van der Waals surface area (Å²) in [5.41, 5.74) is 7.68. The first-order valence-corrected chi connectivity index (χ1v) is 8.20. The van der Waals surface area contributed by atoms with Gasteiger partial charge in [0.15, 0.2) is 0 Å². The van der Waals surface area contributed by atoms with Crippen LogP contribution in [0.4, 0.5) is 5.69 Å². The molecule has 0 unspecified atom stereocenters. The first kappa shape index (κ1) is 18.7. The van der Waals surface area contributed by atoms with Crippen molar-refractivity contribution in [3.63, 3.8) is 0 Å².